The van der Waals surface area contributed by atoms with Crippen molar-refractivity contribution in [2.75, 3.05) is 5.75 Å². The summed E-state index contributed by atoms with van der Waals surface area (Å²) in [6, 6.07) is 9.58. The Morgan fingerprint density at radius 1 is 1.26 bits per heavy atom. The lowest BCUT2D eigenvalue weighted by Gasteiger charge is -1.96. The van der Waals surface area contributed by atoms with Crippen LogP contribution in [0.3, 0.4) is 0 Å². The highest BCUT2D eigenvalue weighted by Gasteiger charge is 2.22. The lowest BCUT2D eigenvalue weighted by Crippen LogP contribution is -1.87. The van der Waals surface area contributed by atoms with Gasteiger partial charge in [0.15, 0.2) is 0 Å². The van der Waals surface area contributed by atoms with Crippen molar-refractivity contribution in [3.63, 3.8) is 0 Å². The molecule has 2 heterocycles. The van der Waals surface area contributed by atoms with E-state index in [0.29, 0.717) is 27.3 Å². The Bertz CT molecular complexity index is 806. The van der Waals surface area contributed by atoms with E-state index in [1.54, 1.807) is 36.4 Å². The van der Waals surface area contributed by atoms with Crippen LogP contribution in [-0.4, -0.2) is 15.2 Å². The summed E-state index contributed by atoms with van der Waals surface area (Å²) in [6.45, 7) is 3.64. The van der Waals surface area contributed by atoms with E-state index in [2.05, 4.69) is 11.6 Å². The molecule has 1 aromatic heterocycles. The molecule has 6 heteroatoms. The quantitative estimate of drug-likeness (QED) is 0.579. The fraction of sp³-hybridized carbons (Fsp3) is 0.0588. The summed E-state index contributed by atoms with van der Waals surface area (Å²) in [5, 5.41) is -0.101. The van der Waals surface area contributed by atoms with Crippen molar-refractivity contribution in [1.29, 1.82) is 0 Å². The van der Waals surface area contributed by atoms with E-state index in [4.69, 9.17) is 4.42 Å². The van der Waals surface area contributed by atoms with Crippen LogP contribution in [0.1, 0.15) is 5.76 Å². The first kappa shape index (κ1) is 15.8. The van der Waals surface area contributed by atoms with Gasteiger partial charge in [-0.15, -0.1) is 6.58 Å². The Kier molecular flexibility index (Phi) is 4.83. The molecule has 0 spiro atoms. The molecule has 0 N–H and O–H groups in total. The summed E-state index contributed by atoms with van der Waals surface area (Å²) in [5.41, 5.74) is 1.13. The Morgan fingerprint density at radius 3 is 2.78 bits per heavy atom. The highest BCUT2D eigenvalue weighted by Crippen LogP contribution is 2.32. The molecule has 0 saturated carbocycles. The van der Waals surface area contributed by atoms with Crippen LogP contribution in [0.2, 0.25) is 0 Å². The summed E-state index contributed by atoms with van der Waals surface area (Å²) < 4.78 is 19.3. The minimum absolute atomic E-state index is 0.101. The van der Waals surface area contributed by atoms with Crippen molar-refractivity contribution in [3.05, 3.63) is 66.3 Å². The number of carbonyl (C=O) groups is 1. The molecule has 2 aromatic rings. The second-order valence-corrected chi connectivity index (χ2v) is 6.83. The van der Waals surface area contributed by atoms with Crippen LogP contribution in [0.4, 0.5) is 4.39 Å². The summed E-state index contributed by atoms with van der Waals surface area (Å²) in [7, 11) is 0. The minimum atomic E-state index is -0.296. The third-order valence-corrected chi connectivity index (χ3v) is 4.96. The molecule has 116 valence electrons. The van der Waals surface area contributed by atoms with Crippen LogP contribution in [0.15, 0.2) is 64.2 Å². The second-order valence-electron chi connectivity index (χ2n) is 4.61. The number of aliphatic imine (C=N–C) groups is 1. The van der Waals surface area contributed by atoms with Crippen molar-refractivity contribution in [2.45, 2.75) is 0 Å². The van der Waals surface area contributed by atoms with E-state index in [0.717, 1.165) is 17.3 Å². The molecule has 0 bridgehead atoms. The number of carbonyl (C=O) groups excluding carboxylic acids is 1. The first-order valence-electron chi connectivity index (χ1n) is 6.78. The van der Waals surface area contributed by atoms with Gasteiger partial charge in [0, 0.05) is 17.4 Å². The van der Waals surface area contributed by atoms with Crippen LogP contribution in [0.25, 0.3) is 17.4 Å². The lowest BCUT2D eigenvalue weighted by atomic mass is 10.2. The van der Waals surface area contributed by atoms with Crippen molar-refractivity contribution in [2.24, 2.45) is 4.99 Å². The Labute approximate surface area is 141 Å². The van der Waals surface area contributed by atoms with Gasteiger partial charge in [0.25, 0.3) is 0 Å². The molecule has 0 aliphatic carbocycles. The average Bonchev–Trinajstić information content (AvgIpc) is 3.14. The van der Waals surface area contributed by atoms with Crippen molar-refractivity contribution < 1.29 is 13.6 Å². The number of furan rings is 1. The van der Waals surface area contributed by atoms with Crippen LogP contribution in [0, 0.1) is 5.82 Å². The first-order valence-corrected chi connectivity index (χ1v) is 8.58. The number of rotatable bonds is 4. The highest BCUT2D eigenvalue weighted by molar-refractivity contribution is 8.45. The molecule has 1 aliphatic rings. The molecule has 0 fully saturated rings. The van der Waals surface area contributed by atoms with E-state index in [1.165, 1.54) is 23.9 Å². The molecule has 0 unspecified atom stereocenters. The largest absolute Gasteiger partial charge is 0.457 e. The van der Waals surface area contributed by atoms with Gasteiger partial charge in [0.05, 0.1) is 0 Å². The Morgan fingerprint density at radius 2 is 2.04 bits per heavy atom. The number of thioether (sulfide) groups is 2. The summed E-state index contributed by atoms with van der Waals surface area (Å²) in [4.78, 5) is 16.2. The van der Waals surface area contributed by atoms with E-state index < -0.39 is 0 Å². The molecule has 3 nitrogen and oxygen atoms in total. The zero-order chi connectivity index (χ0) is 16.2. The number of nitrogens with zero attached hydrogens (tertiary/aromatic N) is 1. The smallest absolute Gasteiger partial charge is 0.244 e. The molecule has 0 amide bonds. The standard InChI is InChI=1S/C17H12FNO2S2/c1-2-9-22-17-19-14(16(20)23-17)10-13-7-8-15(21-13)11-3-5-12(18)6-4-11/h2-8,10H,1,9H2/b14-10+. The number of halogens is 1. The predicted octanol–water partition coefficient (Wildman–Crippen LogP) is 4.98. The summed E-state index contributed by atoms with van der Waals surface area (Å²) in [5.74, 6) is 1.56. The molecule has 0 atom stereocenters. The Hall–Kier alpha value is -2.05. The van der Waals surface area contributed by atoms with Gasteiger partial charge in [-0.05, 0) is 48.2 Å². The fourth-order valence-corrected chi connectivity index (χ4v) is 3.52. The second kappa shape index (κ2) is 7.02. The summed E-state index contributed by atoms with van der Waals surface area (Å²) >= 11 is 2.58. The van der Waals surface area contributed by atoms with E-state index in [-0.39, 0.29) is 10.9 Å². The van der Waals surface area contributed by atoms with Crippen molar-refractivity contribution in [3.8, 4) is 11.3 Å². The third-order valence-electron chi connectivity index (χ3n) is 2.96. The number of benzene rings is 1. The number of hydrogen-bond acceptors (Lipinski definition) is 5. The van der Waals surface area contributed by atoms with Gasteiger partial charge in [0.2, 0.25) is 5.12 Å². The SMILES string of the molecule is C=CCSC1=N/C(=C/c2ccc(-c3ccc(F)cc3)o2)C(=O)S1. The van der Waals surface area contributed by atoms with Crippen LogP contribution in [0.5, 0.6) is 0 Å². The van der Waals surface area contributed by atoms with Gasteiger partial charge < -0.3 is 4.42 Å². The maximum absolute atomic E-state index is 12.9. The van der Waals surface area contributed by atoms with Gasteiger partial charge in [-0.25, -0.2) is 9.38 Å². The normalized spacial score (nSPS) is 16.0. The fourth-order valence-electron chi connectivity index (χ4n) is 1.92. The van der Waals surface area contributed by atoms with Gasteiger partial charge in [-0.2, -0.15) is 0 Å². The minimum Gasteiger partial charge on any atom is -0.457 e. The van der Waals surface area contributed by atoms with E-state index >= 15 is 0 Å². The molecule has 0 radical (unpaired) electrons. The molecule has 0 saturated heterocycles. The molecule has 23 heavy (non-hydrogen) atoms. The van der Waals surface area contributed by atoms with Crippen LogP contribution < -0.4 is 0 Å². The molecular formula is C17H12FNO2S2. The van der Waals surface area contributed by atoms with E-state index in [1.807, 2.05) is 0 Å². The monoisotopic (exact) mass is 345 g/mol. The Balaban J connectivity index is 1.80. The van der Waals surface area contributed by atoms with Crippen molar-refractivity contribution >= 4 is 39.1 Å². The maximum atomic E-state index is 12.9. The van der Waals surface area contributed by atoms with Crippen molar-refractivity contribution in [1.82, 2.24) is 0 Å². The number of hydrogen-bond donors (Lipinski definition) is 0. The van der Waals surface area contributed by atoms with Gasteiger partial charge in [0.1, 0.15) is 27.4 Å². The predicted molar refractivity (Wildman–Crippen MR) is 94.8 cm³/mol. The zero-order valence-corrected chi connectivity index (χ0v) is 13.6. The molecule has 3 rings (SSSR count). The molecule has 1 aliphatic heterocycles. The maximum Gasteiger partial charge on any atom is 0.244 e. The van der Waals surface area contributed by atoms with E-state index in [9.17, 15) is 9.18 Å². The molecule has 1 aromatic carbocycles. The topological polar surface area (TPSA) is 42.6 Å². The highest BCUT2D eigenvalue weighted by atomic mass is 32.2. The van der Waals surface area contributed by atoms with Crippen LogP contribution in [-0.2, 0) is 4.79 Å². The lowest BCUT2D eigenvalue weighted by molar-refractivity contribution is -0.107. The molecular weight excluding hydrogens is 333 g/mol. The van der Waals surface area contributed by atoms with Gasteiger partial charge >= 0.3 is 0 Å². The summed E-state index contributed by atoms with van der Waals surface area (Å²) in [6.07, 6.45) is 3.38. The first-order chi connectivity index (χ1) is 11.2. The third kappa shape index (κ3) is 3.83. The zero-order valence-electron chi connectivity index (χ0n) is 12.0. The van der Waals surface area contributed by atoms with Gasteiger partial charge in [-0.1, -0.05) is 17.8 Å². The average molecular weight is 345 g/mol. The van der Waals surface area contributed by atoms with Gasteiger partial charge in [-0.3, -0.25) is 4.79 Å². The van der Waals surface area contributed by atoms with Crippen LogP contribution >= 0.6 is 23.5 Å².